The van der Waals surface area contributed by atoms with Crippen LogP contribution in [0.1, 0.15) is 11.1 Å². The first-order valence-electron chi connectivity index (χ1n) is 6.44. The molecule has 0 radical (unpaired) electrons. The van der Waals surface area contributed by atoms with Gasteiger partial charge in [-0.3, -0.25) is 4.79 Å². The molecule has 0 atom stereocenters. The molecular weight excluding hydrogens is 284 g/mol. The quantitative estimate of drug-likeness (QED) is 0.369. The van der Waals surface area contributed by atoms with Crippen LogP contribution in [0.5, 0.6) is 0 Å². The first-order chi connectivity index (χ1) is 10.7. The van der Waals surface area contributed by atoms with Crippen LogP contribution in [0.3, 0.4) is 0 Å². The van der Waals surface area contributed by atoms with Crippen molar-refractivity contribution in [2.75, 3.05) is 0 Å². The largest absolute Gasteiger partial charge is 0.299 e. The summed E-state index contributed by atoms with van der Waals surface area (Å²) in [6.45, 7) is 0. The predicted octanol–water partition coefficient (Wildman–Crippen LogP) is 4.05. The zero-order valence-electron chi connectivity index (χ0n) is 11.5. The number of allylic oxidation sites excluding steroid dienone is 3. The van der Waals surface area contributed by atoms with Crippen LogP contribution in [-0.4, -0.2) is 6.29 Å². The Bertz CT molecular complexity index is 719. The Kier molecular flexibility index (Phi) is 4.94. The van der Waals surface area contributed by atoms with Gasteiger partial charge in [0.25, 0.3) is 0 Å². The molecule has 0 aromatic heterocycles. The summed E-state index contributed by atoms with van der Waals surface area (Å²) in [5, 5.41) is 9.33. The minimum Gasteiger partial charge on any atom is -0.299 e. The Hall–Kier alpha value is -3.06. The molecule has 2 rings (SSSR count). The highest BCUT2D eigenvalue weighted by Gasteiger charge is 2.11. The van der Waals surface area contributed by atoms with Crippen molar-refractivity contribution in [2.24, 2.45) is 0 Å². The molecule has 0 aliphatic heterocycles. The highest BCUT2D eigenvalue weighted by atomic mass is 19.1. The Balaban J connectivity index is 2.68. The van der Waals surface area contributed by atoms with Crippen molar-refractivity contribution in [2.45, 2.75) is 0 Å². The van der Waals surface area contributed by atoms with Crippen LogP contribution in [0, 0.1) is 23.0 Å². The topological polar surface area (TPSA) is 40.9 Å². The lowest BCUT2D eigenvalue weighted by Gasteiger charge is -2.10. The molecule has 0 spiro atoms. The lowest BCUT2D eigenvalue weighted by Crippen LogP contribution is -1.93. The van der Waals surface area contributed by atoms with Crippen LogP contribution in [0.4, 0.5) is 8.78 Å². The van der Waals surface area contributed by atoms with E-state index in [2.05, 4.69) is 0 Å². The lowest BCUT2D eigenvalue weighted by atomic mass is 9.93. The molecule has 0 aliphatic rings. The van der Waals surface area contributed by atoms with Gasteiger partial charge in [-0.05, 0) is 47.5 Å². The van der Waals surface area contributed by atoms with E-state index in [1.165, 1.54) is 60.7 Å². The van der Waals surface area contributed by atoms with E-state index >= 15 is 0 Å². The second-order valence-corrected chi connectivity index (χ2v) is 4.41. The molecule has 0 heterocycles. The Morgan fingerprint density at radius 2 is 1.36 bits per heavy atom. The number of benzene rings is 2. The Labute approximate surface area is 126 Å². The summed E-state index contributed by atoms with van der Waals surface area (Å²) < 4.78 is 26.2. The van der Waals surface area contributed by atoms with Gasteiger partial charge >= 0.3 is 0 Å². The van der Waals surface area contributed by atoms with Crippen molar-refractivity contribution in [1.29, 1.82) is 5.26 Å². The second kappa shape index (κ2) is 7.09. The van der Waals surface area contributed by atoms with Crippen molar-refractivity contribution < 1.29 is 13.6 Å². The maximum absolute atomic E-state index is 13.1. The fraction of sp³-hybridized carbons (Fsp3) is 0. The van der Waals surface area contributed by atoms with Gasteiger partial charge in [-0.1, -0.05) is 24.3 Å². The third-order valence-corrected chi connectivity index (χ3v) is 3.00. The molecule has 0 fully saturated rings. The van der Waals surface area contributed by atoms with Crippen LogP contribution in [0.15, 0.2) is 66.3 Å². The molecule has 0 amide bonds. The third kappa shape index (κ3) is 3.53. The summed E-state index contributed by atoms with van der Waals surface area (Å²) in [5.74, 6) is -0.798. The zero-order chi connectivity index (χ0) is 15.9. The highest BCUT2D eigenvalue weighted by molar-refractivity contribution is 5.86. The molecule has 0 aliphatic carbocycles. The summed E-state index contributed by atoms with van der Waals surface area (Å²) in [5.41, 5.74) is 1.92. The number of hydrogen-bond acceptors (Lipinski definition) is 2. The van der Waals surface area contributed by atoms with Crippen LogP contribution in [-0.2, 0) is 4.79 Å². The number of nitriles is 1. The maximum atomic E-state index is 13.1. The average molecular weight is 295 g/mol. The molecule has 4 heteroatoms. The van der Waals surface area contributed by atoms with E-state index in [1.807, 2.05) is 6.07 Å². The summed E-state index contributed by atoms with van der Waals surface area (Å²) in [7, 11) is 0. The van der Waals surface area contributed by atoms with Crippen molar-refractivity contribution in [3.8, 4) is 6.07 Å². The smallest absolute Gasteiger partial charge is 0.142 e. The van der Waals surface area contributed by atoms with E-state index in [0.717, 1.165) is 0 Å². The molecule has 0 N–H and O–H groups in total. The van der Waals surface area contributed by atoms with E-state index < -0.39 is 11.6 Å². The molecular formula is C18H11F2NO. The fourth-order valence-corrected chi connectivity index (χ4v) is 2.02. The van der Waals surface area contributed by atoms with E-state index in [4.69, 9.17) is 0 Å². The van der Waals surface area contributed by atoms with Gasteiger partial charge < -0.3 is 0 Å². The molecule has 0 bridgehead atoms. The van der Waals surface area contributed by atoms with Gasteiger partial charge in [0.15, 0.2) is 0 Å². The van der Waals surface area contributed by atoms with Gasteiger partial charge in [0, 0.05) is 5.57 Å². The number of carbonyl (C=O) groups is 1. The average Bonchev–Trinajstić information content (AvgIpc) is 2.54. The van der Waals surface area contributed by atoms with E-state index in [-0.39, 0.29) is 5.57 Å². The summed E-state index contributed by atoms with van der Waals surface area (Å²) in [6.07, 6.45) is 3.13. The van der Waals surface area contributed by atoms with Crippen LogP contribution in [0.2, 0.25) is 0 Å². The van der Waals surface area contributed by atoms with Gasteiger partial charge in [0.05, 0.1) is 11.6 Å². The first-order valence-corrected chi connectivity index (χ1v) is 6.44. The van der Waals surface area contributed by atoms with E-state index in [1.54, 1.807) is 0 Å². The van der Waals surface area contributed by atoms with Gasteiger partial charge in [-0.2, -0.15) is 5.26 Å². The van der Waals surface area contributed by atoms with E-state index in [9.17, 15) is 18.8 Å². The van der Waals surface area contributed by atoms with Crippen molar-refractivity contribution in [1.82, 2.24) is 0 Å². The molecule has 2 aromatic carbocycles. The van der Waals surface area contributed by atoms with Crippen LogP contribution in [0.25, 0.3) is 5.57 Å². The monoisotopic (exact) mass is 295 g/mol. The second-order valence-electron chi connectivity index (χ2n) is 4.41. The number of hydrogen-bond donors (Lipinski definition) is 0. The fourth-order valence-electron chi connectivity index (χ4n) is 2.02. The van der Waals surface area contributed by atoms with Crippen LogP contribution >= 0.6 is 0 Å². The Morgan fingerprint density at radius 3 is 1.73 bits per heavy atom. The normalized spacial score (nSPS) is 10.2. The molecule has 2 nitrogen and oxygen atoms in total. The summed E-state index contributed by atoms with van der Waals surface area (Å²) in [6, 6.07) is 13.2. The van der Waals surface area contributed by atoms with E-state index in [0.29, 0.717) is 23.0 Å². The minimum atomic E-state index is -0.399. The standard InChI is InChI=1S/C18H11F2NO/c19-16-7-3-13(4-8-16)18(15(12-21)2-1-11-22)14-5-9-17(20)10-6-14/h1-11H. The van der Waals surface area contributed by atoms with Crippen molar-refractivity contribution >= 4 is 11.9 Å². The van der Waals surface area contributed by atoms with Crippen LogP contribution < -0.4 is 0 Å². The molecule has 0 saturated heterocycles. The maximum Gasteiger partial charge on any atom is 0.142 e. The summed E-state index contributed by atoms with van der Waals surface area (Å²) in [4.78, 5) is 10.5. The first kappa shape index (κ1) is 15.3. The molecule has 0 unspecified atom stereocenters. The molecule has 108 valence electrons. The molecule has 2 aromatic rings. The third-order valence-electron chi connectivity index (χ3n) is 3.00. The summed E-state index contributed by atoms with van der Waals surface area (Å²) >= 11 is 0. The van der Waals surface area contributed by atoms with Crippen molar-refractivity contribution in [3.05, 3.63) is 89.0 Å². The number of rotatable bonds is 4. The SMILES string of the molecule is N#CC(C=CC=O)=C(c1ccc(F)cc1)c1ccc(F)cc1. The highest BCUT2D eigenvalue weighted by Crippen LogP contribution is 2.28. The molecule has 22 heavy (non-hydrogen) atoms. The minimum absolute atomic E-state index is 0.227. The number of aldehydes is 1. The number of carbonyl (C=O) groups excluding carboxylic acids is 1. The zero-order valence-corrected chi connectivity index (χ0v) is 11.5. The van der Waals surface area contributed by atoms with Crippen molar-refractivity contribution in [3.63, 3.8) is 0 Å². The predicted molar refractivity (Wildman–Crippen MR) is 79.6 cm³/mol. The Morgan fingerprint density at radius 1 is 0.909 bits per heavy atom. The number of halogens is 2. The van der Waals surface area contributed by atoms with Gasteiger partial charge in [-0.15, -0.1) is 0 Å². The van der Waals surface area contributed by atoms with Gasteiger partial charge in [-0.25, -0.2) is 8.78 Å². The number of nitrogens with zero attached hydrogens (tertiary/aromatic N) is 1. The molecule has 0 saturated carbocycles. The van der Waals surface area contributed by atoms with Gasteiger partial charge in [0.2, 0.25) is 0 Å². The van der Waals surface area contributed by atoms with Gasteiger partial charge in [0.1, 0.15) is 17.9 Å². The lowest BCUT2D eigenvalue weighted by molar-refractivity contribution is -0.104.